The largest absolute Gasteiger partial charge is 0.354 e. The summed E-state index contributed by atoms with van der Waals surface area (Å²) in [6, 6.07) is 7.61. The summed E-state index contributed by atoms with van der Waals surface area (Å²) in [6.45, 7) is 8.46. The standard InChI is InChI=1S/C18H27N5O2/c1-2-22-15-6-3-4-7-16(15)23(18(22)25)14-17(24)20-8-5-11-21-12-9-19-10-13-21/h3-4,6-7,19H,2,5,8-14H2,1H3,(H,20,24). The molecule has 0 atom stereocenters. The summed E-state index contributed by atoms with van der Waals surface area (Å²) >= 11 is 0. The monoisotopic (exact) mass is 345 g/mol. The van der Waals surface area contributed by atoms with E-state index in [1.54, 1.807) is 9.13 Å². The third kappa shape index (κ3) is 4.11. The number of para-hydroxylation sites is 2. The number of carbonyl (C=O) groups is 1. The first kappa shape index (κ1) is 17.7. The van der Waals surface area contributed by atoms with Gasteiger partial charge in [0.05, 0.1) is 11.0 Å². The molecule has 2 N–H and O–H groups in total. The number of hydrogen-bond donors (Lipinski definition) is 2. The second-order valence-corrected chi connectivity index (χ2v) is 6.40. The van der Waals surface area contributed by atoms with Gasteiger partial charge in [0.1, 0.15) is 6.54 Å². The lowest BCUT2D eigenvalue weighted by molar-refractivity contribution is -0.121. The minimum absolute atomic E-state index is 0.0694. The van der Waals surface area contributed by atoms with E-state index in [9.17, 15) is 9.59 Å². The van der Waals surface area contributed by atoms with Crippen LogP contribution in [0.4, 0.5) is 0 Å². The van der Waals surface area contributed by atoms with Crippen molar-refractivity contribution >= 4 is 16.9 Å². The Bertz CT molecular complexity index is 773. The fourth-order valence-corrected chi connectivity index (χ4v) is 3.40. The van der Waals surface area contributed by atoms with Crippen LogP contribution in [0.15, 0.2) is 29.1 Å². The Kier molecular flexibility index (Phi) is 5.88. The molecule has 0 spiro atoms. The van der Waals surface area contributed by atoms with Gasteiger partial charge in [-0.1, -0.05) is 12.1 Å². The highest BCUT2D eigenvalue weighted by molar-refractivity contribution is 5.80. The number of imidazole rings is 1. The number of carbonyl (C=O) groups excluding carboxylic acids is 1. The molecule has 0 unspecified atom stereocenters. The molecule has 2 aromatic rings. The van der Waals surface area contributed by atoms with Crippen LogP contribution in [-0.2, 0) is 17.9 Å². The van der Waals surface area contributed by atoms with Crippen molar-refractivity contribution in [2.45, 2.75) is 26.4 Å². The number of nitrogens with zero attached hydrogens (tertiary/aromatic N) is 3. The van der Waals surface area contributed by atoms with Crippen LogP contribution in [0.5, 0.6) is 0 Å². The van der Waals surface area contributed by atoms with Crippen LogP contribution < -0.4 is 16.3 Å². The number of rotatable bonds is 7. The molecule has 2 heterocycles. The zero-order chi connectivity index (χ0) is 17.6. The van der Waals surface area contributed by atoms with Crippen molar-refractivity contribution in [3.05, 3.63) is 34.7 Å². The number of benzene rings is 1. The molecular weight excluding hydrogens is 318 g/mol. The SMILES string of the molecule is CCn1c(=O)n(CC(=O)NCCCN2CCNCC2)c2ccccc21. The van der Waals surface area contributed by atoms with Crippen LogP contribution in [0.25, 0.3) is 11.0 Å². The van der Waals surface area contributed by atoms with Gasteiger partial charge in [0.25, 0.3) is 0 Å². The average Bonchev–Trinajstić information content (AvgIpc) is 2.91. The first-order valence-corrected chi connectivity index (χ1v) is 9.08. The molecule has 0 radical (unpaired) electrons. The van der Waals surface area contributed by atoms with Gasteiger partial charge in [-0.15, -0.1) is 0 Å². The van der Waals surface area contributed by atoms with E-state index in [0.29, 0.717) is 13.1 Å². The van der Waals surface area contributed by atoms with E-state index in [1.165, 1.54) is 0 Å². The van der Waals surface area contributed by atoms with Gasteiger partial charge >= 0.3 is 5.69 Å². The third-order valence-electron chi connectivity index (χ3n) is 4.73. The molecule has 3 rings (SSSR count). The van der Waals surface area contributed by atoms with Crippen LogP contribution in [0, 0.1) is 0 Å². The molecule has 7 nitrogen and oxygen atoms in total. The van der Waals surface area contributed by atoms with Crippen LogP contribution in [-0.4, -0.2) is 59.2 Å². The number of nitrogens with one attached hydrogen (secondary N) is 2. The normalized spacial score (nSPS) is 15.6. The van der Waals surface area contributed by atoms with Crippen molar-refractivity contribution in [1.82, 2.24) is 24.7 Å². The molecule has 1 saturated heterocycles. The molecule has 1 amide bonds. The van der Waals surface area contributed by atoms with E-state index in [1.807, 2.05) is 31.2 Å². The minimum Gasteiger partial charge on any atom is -0.354 e. The summed E-state index contributed by atoms with van der Waals surface area (Å²) in [5, 5.41) is 6.27. The Labute approximate surface area is 147 Å². The second-order valence-electron chi connectivity index (χ2n) is 6.40. The summed E-state index contributed by atoms with van der Waals surface area (Å²) in [7, 11) is 0. The molecule has 25 heavy (non-hydrogen) atoms. The quantitative estimate of drug-likeness (QED) is 0.705. The summed E-state index contributed by atoms with van der Waals surface area (Å²) in [6.07, 6.45) is 0.928. The highest BCUT2D eigenvalue weighted by atomic mass is 16.2. The number of amides is 1. The molecular formula is C18H27N5O2. The van der Waals surface area contributed by atoms with Gasteiger partial charge in [0, 0.05) is 39.3 Å². The predicted octanol–water partition coefficient (Wildman–Crippen LogP) is 0.234. The number of piperazine rings is 1. The van der Waals surface area contributed by atoms with Crippen LogP contribution in [0.1, 0.15) is 13.3 Å². The molecule has 0 bridgehead atoms. The van der Waals surface area contributed by atoms with Crippen molar-refractivity contribution in [1.29, 1.82) is 0 Å². The summed E-state index contributed by atoms with van der Waals surface area (Å²) in [4.78, 5) is 27.2. The van der Waals surface area contributed by atoms with Gasteiger partial charge in [-0.25, -0.2) is 4.79 Å². The van der Waals surface area contributed by atoms with E-state index < -0.39 is 0 Å². The molecule has 1 aromatic carbocycles. The molecule has 7 heteroatoms. The maximum absolute atomic E-state index is 12.5. The number of fused-ring (bicyclic) bond motifs is 1. The highest BCUT2D eigenvalue weighted by Crippen LogP contribution is 2.12. The molecule has 1 aromatic heterocycles. The zero-order valence-corrected chi connectivity index (χ0v) is 14.8. The number of aromatic nitrogens is 2. The first-order valence-electron chi connectivity index (χ1n) is 9.08. The lowest BCUT2D eigenvalue weighted by Gasteiger charge is -2.27. The highest BCUT2D eigenvalue weighted by Gasteiger charge is 2.14. The van der Waals surface area contributed by atoms with Gasteiger partial charge in [0.15, 0.2) is 0 Å². The summed E-state index contributed by atoms with van der Waals surface area (Å²) < 4.78 is 3.26. The number of hydrogen-bond acceptors (Lipinski definition) is 4. The van der Waals surface area contributed by atoms with Crippen molar-refractivity contribution in [3.8, 4) is 0 Å². The van der Waals surface area contributed by atoms with E-state index >= 15 is 0 Å². The minimum atomic E-state index is -0.125. The molecule has 1 aliphatic heterocycles. The summed E-state index contributed by atoms with van der Waals surface area (Å²) in [5.74, 6) is -0.110. The Morgan fingerprint density at radius 2 is 1.84 bits per heavy atom. The van der Waals surface area contributed by atoms with Gasteiger partial charge in [-0.05, 0) is 32.0 Å². The van der Waals surface area contributed by atoms with E-state index in [4.69, 9.17) is 0 Å². The van der Waals surface area contributed by atoms with Crippen molar-refractivity contribution < 1.29 is 4.79 Å². The Morgan fingerprint density at radius 3 is 2.52 bits per heavy atom. The lowest BCUT2D eigenvalue weighted by Crippen LogP contribution is -2.44. The topological polar surface area (TPSA) is 71.3 Å². The Morgan fingerprint density at radius 1 is 1.16 bits per heavy atom. The van der Waals surface area contributed by atoms with Gasteiger partial charge in [-0.3, -0.25) is 13.9 Å². The number of aryl methyl sites for hydroxylation is 1. The van der Waals surface area contributed by atoms with Crippen molar-refractivity contribution in [3.63, 3.8) is 0 Å². The smallest absolute Gasteiger partial charge is 0.329 e. The molecule has 1 aliphatic rings. The summed E-state index contributed by atoms with van der Waals surface area (Å²) in [5.41, 5.74) is 1.56. The van der Waals surface area contributed by atoms with E-state index in [-0.39, 0.29) is 18.1 Å². The van der Waals surface area contributed by atoms with E-state index in [2.05, 4.69) is 15.5 Å². The maximum atomic E-state index is 12.5. The fraction of sp³-hybridized carbons (Fsp3) is 0.556. The van der Waals surface area contributed by atoms with Crippen molar-refractivity contribution in [2.75, 3.05) is 39.3 Å². The Balaban J connectivity index is 1.55. The molecule has 0 aliphatic carbocycles. The maximum Gasteiger partial charge on any atom is 0.329 e. The Hall–Kier alpha value is -2.12. The van der Waals surface area contributed by atoms with Crippen LogP contribution in [0.2, 0.25) is 0 Å². The van der Waals surface area contributed by atoms with Crippen LogP contribution >= 0.6 is 0 Å². The van der Waals surface area contributed by atoms with Gasteiger partial charge in [0.2, 0.25) is 5.91 Å². The molecule has 0 saturated carbocycles. The molecule has 136 valence electrons. The lowest BCUT2D eigenvalue weighted by atomic mass is 10.3. The molecule has 1 fully saturated rings. The zero-order valence-electron chi connectivity index (χ0n) is 14.8. The average molecular weight is 345 g/mol. The second kappa shape index (κ2) is 8.31. The first-order chi connectivity index (χ1) is 12.2. The van der Waals surface area contributed by atoms with Crippen molar-refractivity contribution in [2.24, 2.45) is 0 Å². The predicted molar refractivity (Wildman–Crippen MR) is 98.8 cm³/mol. The van der Waals surface area contributed by atoms with Gasteiger partial charge < -0.3 is 15.5 Å². The van der Waals surface area contributed by atoms with Gasteiger partial charge in [-0.2, -0.15) is 0 Å². The van der Waals surface area contributed by atoms with E-state index in [0.717, 1.165) is 50.2 Å². The third-order valence-corrected chi connectivity index (χ3v) is 4.73. The van der Waals surface area contributed by atoms with Crippen LogP contribution in [0.3, 0.4) is 0 Å². The fourth-order valence-electron chi connectivity index (χ4n) is 3.40.